The molecule has 0 amide bonds. The molecule has 0 saturated heterocycles. The highest BCUT2D eigenvalue weighted by molar-refractivity contribution is 5.57. The topological polar surface area (TPSA) is 101 Å². The zero-order valence-corrected chi connectivity index (χ0v) is 13.7. The van der Waals surface area contributed by atoms with Gasteiger partial charge in [-0.1, -0.05) is 26.8 Å². The zero-order chi connectivity index (χ0) is 17.5. The molecule has 0 aromatic heterocycles. The van der Waals surface area contributed by atoms with Crippen molar-refractivity contribution in [3.05, 3.63) is 46.6 Å². The number of nitriles is 2. The lowest BCUT2D eigenvalue weighted by Gasteiger charge is -2.32. The molecular weight excluding hydrogens is 306 g/mol. The molecule has 0 unspecified atom stereocenters. The Morgan fingerprint density at radius 1 is 1.08 bits per heavy atom. The van der Waals surface area contributed by atoms with Gasteiger partial charge in [0.05, 0.1) is 17.6 Å². The number of allylic oxidation sites excluding steroid dienone is 3. The van der Waals surface area contributed by atoms with Crippen LogP contribution in [-0.4, -0.2) is 6.79 Å². The zero-order valence-electron chi connectivity index (χ0n) is 13.7. The van der Waals surface area contributed by atoms with Gasteiger partial charge < -0.3 is 19.9 Å². The molecule has 0 bridgehead atoms. The Morgan fingerprint density at radius 3 is 2.38 bits per heavy atom. The van der Waals surface area contributed by atoms with Crippen LogP contribution < -0.4 is 15.2 Å². The lowest BCUT2D eigenvalue weighted by molar-refractivity contribution is 0.174. The Bertz CT molecular complexity index is 848. The average molecular weight is 323 g/mol. The predicted molar refractivity (Wildman–Crippen MR) is 85.3 cm³/mol. The predicted octanol–water partition coefficient (Wildman–Crippen LogP) is 3.05. The second-order valence-electron chi connectivity index (χ2n) is 6.64. The molecule has 0 spiro atoms. The summed E-state index contributed by atoms with van der Waals surface area (Å²) in [7, 11) is 0. The molecule has 2 N–H and O–H groups in total. The fourth-order valence-electron chi connectivity index (χ4n) is 2.86. The molecule has 2 aliphatic heterocycles. The Hall–Kier alpha value is -3.12. The van der Waals surface area contributed by atoms with E-state index in [2.05, 4.69) is 12.1 Å². The van der Waals surface area contributed by atoms with Crippen molar-refractivity contribution in [1.82, 2.24) is 0 Å². The van der Waals surface area contributed by atoms with Gasteiger partial charge in [-0.2, -0.15) is 10.5 Å². The van der Waals surface area contributed by atoms with Crippen LogP contribution >= 0.6 is 0 Å². The van der Waals surface area contributed by atoms with E-state index in [-0.39, 0.29) is 18.2 Å². The molecule has 0 radical (unpaired) electrons. The summed E-state index contributed by atoms with van der Waals surface area (Å²) in [5, 5.41) is 19.3. The van der Waals surface area contributed by atoms with Crippen molar-refractivity contribution in [3.8, 4) is 23.6 Å². The smallest absolute Gasteiger partial charge is 0.231 e. The number of nitrogens with two attached hydrogens (primary N) is 1. The van der Waals surface area contributed by atoms with Gasteiger partial charge in [0.15, 0.2) is 11.5 Å². The van der Waals surface area contributed by atoms with Gasteiger partial charge in [0.1, 0.15) is 17.4 Å². The summed E-state index contributed by atoms with van der Waals surface area (Å²) in [6.07, 6.45) is 0. The van der Waals surface area contributed by atoms with Gasteiger partial charge in [-0.3, -0.25) is 0 Å². The molecule has 1 aromatic rings. The summed E-state index contributed by atoms with van der Waals surface area (Å²) in [4.78, 5) is 0. The first-order valence-corrected chi connectivity index (χ1v) is 7.48. The van der Waals surface area contributed by atoms with E-state index >= 15 is 0 Å². The van der Waals surface area contributed by atoms with E-state index in [0.717, 1.165) is 5.56 Å². The second kappa shape index (κ2) is 5.50. The van der Waals surface area contributed by atoms with Crippen LogP contribution in [0, 0.1) is 28.1 Å². The number of benzene rings is 1. The van der Waals surface area contributed by atoms with Crippen molar-refractivity contribution in [1.29, 1.82) is 10.5 Å². The summed E-state index contributed by atoms with van der Waals surface area (Å²) in [5.74, 6) is 1.15. The molecule has 1 atom stereocenters. The molecule has 0 fully saturated rings. The van der Waals surface area contributed by atoms with Crippen LogP contribution in [0.15, 0.2) is 41.0 Å². The summed E-state index contributed by atoms with van der Waals surface area (Å²) >= 11 is 0. The van der Waals surface area contributed by atoms with Crippen molar-refractivity contribution in [2.24, 2.45) is 11.1 Å². The number of nitrogens with zero attached hydrogens (tertiary/aromatic N) is 2. The van der Waals surface area contributed by atoms with Gasteiger partial charge in [0.2, 0.25) is 12.7 Å². The van der Waals surface area contributed by atoms with Crippen molar-refractivity contribution in [2.45, 2.75) is 26.7 Å². The van der Waals surface area contributed by atoms with E-state index in [4.69, 9.17) is 19.9 Å². The minimum absolute atomic E-state index is 0.0316. The molecule has 1 aromatic carbocycles. The van der Waals surface area contributed by atoms with Gasteiger partial charge >= 0.3 is 0 Å². The van der Waals surface area contributed by atoms with Crippen LogP contribution in [0.2, 0.25) is 0 Å². The normalized spacial score (nSPS) is 19.6. The molecule has 0 saturated carbocycles. The molecule has 6 heteroatoms. The van der Waals surface area contributed by atoms with Crippen LogP contribution in [0.5, 0.6) is 11.5 Å². The third-order valence-electron chi connectivity index (χ3n) is 3.95. The molecule has 3 rings (SSSR count). The number of hydrogen-bond acceptors (Lipinski definition) is 6. The first-order valence-electron chi connectivity index (χ1n) is 7.48. The SMILES string of the molecule is CC(C)(C)C1=C(C#N)[C@H](c2ccc3c(c2)OCO3)C(C#N)=C(N)O1. The average Bonchev–Trinajstić information content (AvgIpc) is 3.00. The molecular formula is C18H17N3O3. The molecule has 122 valence electrons. The highest BCUT2D eigenvalue weighted by Crippen LogP contribution is 2.45. The Labute approximate surface area is 140 Å². The largest absolute Gasteiger partial charge is 0.454 e. The summed E-state index contributed by atoms with van der Waals surface area (Å²) in [6.45, 7) is 5.95. The highest BCUT2D eigenvalue weighted by Gasteiger charge is 2.37. The van der Waals surface area contributed by atoms with Crippen LogP contribution in [-0.2, 0) is 4.74 Å². The van der Waals surface area contributed by atoms with Crippen molar-refractivity contribution in [2.75, 3.05) is 6.79 Å². The molecule has 0 aliphatic carbocycles. The Kier molecular flexibility index (Phi) is 3.62. The van der Waals surface area contributed by atoms with E-state index in [9.17, 15) is 10.5 Å². The number of fused-ring (bicyclic) bond motifs is 1. The maximum absolute atomic E-state index is 9.73. The molecule has 2 heterocycles. The van der Waals surface area contributed by atoms with Gasteiger partial charge in [0.25, 0.3) is 0 Å². The third kappa shape index (κ3) is 2.43. The summed E-state index contributed by atoms with van der Waals surface area (Å²) in [5.41, 5.74) is 6.88. The van der Waals surface area contributed by atoms with E-state index in [1.54, 1.807) is 12.1 Å². The van der Waals surface area contributed by atoms with Crippen LogP contribution in [0.3, 0.4) is 0 Å². The number of hydrogen-bond donors (Lipinski definition) is 1. The first kappa shape index (κ1) is 15.8. The number of rotatable bonds is 1. The second-order valence-corrected chi connectivity index (χ2v) is 6.64. The van der Waals surface area contributed by atoms with Crippen molar-refractivity contribution in [3.63, 3.8) is 0 Å². The summed E-state index contributed by atoms with van der Waals surface area (Å²) in [6, 6.07) is 9.64. The summed E-state index contributed by atoms with van der Waals surface area (Å²) < 4.78 is 16.4. The fraction of sp³-hybridized carbons (Fsp3) is 0.333. The van der Waals surface area contributed by atoms with Crippen LogP contribution in [0.4, 0.5) is 0 Å². The van der Waals surface area contributed by atoms with Gasteiger partial charge in [-0.05, 0) is 17.7 Å². The Balaban J connectivity index is 2.20. The molecule has 6 nitrogen and oxygen atoms in total. The van der Waals surface area contributed by atoms with Crippen LogP contribution in [0.1, 0.15) is 32.3 Å². The van der Waals surface area contributed by atoms with Crippen molar-refractivity contribution < 1.29 is 14.2 Å². The van der Waals surface area contributed by atoms with E-state index in [0.29, 0.717) is 22.8 Å². The standard InChI is InChI=1S/C18H17N3O3/c1-18(2,3)16-11(7-19)15(12(8-20)17(21)24-16)10-4-5-13-14(6-10)23-9-22-13/h4-6,15H,9,21H2,1-3H3/t15-/m0/s1. The Morgan fingerprint density at radius 2 is 1.75 bits per heavy atom. The lowest BCUT2D eigenvalue weighted by Crippen LogP contribution is -2.26. The quantitative estimate of drug-likeness (QED) is 0.852. The van der Waals surface area contributed by atoms with Gasteiger partial charge in [-0.15, -0.1) is 0 Å². The number of ether oxygens (including phenoxy) is 3. The van der Waals surface area contributed by atoms with Gasteiger partial charge in [0, 0.05) is 5.41 Å². The minimum Gasteiger partial charge on any atom is -0.454 e. The lowest BCUT2D eigenvalue weighted by atomic mass is 9.79. The first-order chi connectivity index (χ1) is 11.4. The fourth-order valence-corrected chi connectivity index (χ4v) is 2.86. The molecule has 24 heavy (non-hydrogen) atoms. The third-order valence-corrected chi connectivity index (χ3v) is 3.95. The minimum atomic E-state index is -0.586. The van der Waals surface area contributed by atoms with Crippen molar-refractivity contribution >= 4 is 0 Å². The van der Waals surface area contributed by atoms with Crippen LogP contribution in [0.25, 0.3) is 0 Å². The molecule has 2 aliphatic rings. The van der Waals surface area contributed by atoms with E-state index in [1.165, 1.54) is 0 Å². The maximum atomic E-state index is 9.73. The van der Waals surface area contributed by atoms with E-state index < -0.39 is 11.3 Å². The monoisotopic (exact) mass is 323 g/mol. The highest BCUT2D eigenvalue weighted by atomic mass is 16.7. The van der Waals surface area contributed by atoms with E-state index in [1.807, 2.05) is 26.8 Å². The van der Waals surface area contributed by atoms with Gasteiger partial charge in [-0.25, -0.2) is 0 Å². The maximum Gasteiger partial charge on any atom is 0.231 e.